The van der Waals surface area contributed by atoms with Gasteiger partial charge in [0, 0.05) is 12.8 Å². The predicted octanol–water partition coefficient (Wildman–Crippen LogP) is 3.31. The Bertz CT molecular complexity index is 986. The van der Waals surface area contributed by atoms with E-state index in [1.165, 1.54) is 83.5 Å². The number of ether oxygens (including phenoxy) is 6. The summed E-state index contributed by atoms with van der Waals surface area (Å²) in [6, 6.07) is 0. The molecule has 0 aliphatic carbocycles. The Morgan fingerprint density at radius 1 is 0.509 bits per heavy atom. The number of unbranched alkanes of at least 4 members (excludes halogenated alkanes) is 17. The molecule has 11 atom stereocenters. The maximum Gasteiger partial charge on any atom is 0.306 e. The maximum absolute atomic E-state index is 12.8. The lowest BCUT2D eigenvalue weighted by Gasteiger charge is -2.42. The average molecular weight is 795 g/mol. The van der Waals surface area contributed by atoms with Crippen LogP contribution in [0.2, 0.25) is 0 Å². The van der Waals surface area contributed by atoms with Crippen molar-refractivity contribution in [2.24, 2.45) is 0 Å². The minimum Gasteiger partial charge on any atom is -0.462 e. The molecule has 0 bridgehead atoms. The van der Waals surface area contributed by atoms with Gasteiger partial charge in [0.05, 0.1) is 19.8 Å². The van der Waals surface area contributed by atoms with E-state index in [4.69, 9.17) is 28.4 Å². The molecule has 0 aromatic rings. The molecule has 2 rings (SSSR count). The lowest BCUT2D eigenvalue weighted by atomic mass is 9.98. The molecule has 2 saturated heterocycles. The normalized spacial score (nSPS) is 28.9. The van der Waals surface area contributed by atoms with E-state index in [0.29, 0.717) is 12.8 Å². The van der Waals surface area contributed by atoms with Gasteiger partial charge >= 0.3 is 11.9 Å². The van der Waals surface area contributed by atoms with Gasteiger partial charge in [0.2, 0.25) is 0 Å². The van der Waals surface area contributed by atoms with Gasteiger partial charge in [-0.15, -0.1) is 0 Å². The van der Waals surface area contributed by atoms with Crippen LogP contribution in [0.5, 0.6) is 0 Å². The van der Waals surface area contributed by atoms with E-state index < -0.39 is 92.7 Å². The highest BCUT2D eigenvalue weighted by Crippen LogP contribution is 2.26. The minimum atomic E-state index is -1.75. The van der Waals surface area contributed by atoms with Crippen LogP contribution in [-0.4, -0.2) is 142 Å². The first-order valence-corrected chi connectivity index (χ1v) is 21.1. The number of hydrogen-bond donors (Lipinski definition) is 7. The maximum atomic E-state index is 12.8. The molecule has 0 radical (unpaired) electrons. The molecule has 0 amide bonds. The van der Waals surface area contributed by atoms with Gasteiger partial charge < -0.3 is 64.2 Å². The van der Waals surface area contributed by atoms with E-state index in [9.17, 15) is 45.3 Å². The molecule has 324 valence electrons. The third-order valence-electron chi connectivity index (χ3n) is 10.3. The molecule has 0 aromatic heterocycles. The Balaban J connectivity index is 1.75. The van der Waals surface area contributed by atoms with Crippen LogP contribution in [0.15, 0.2) is 0 Å². The zero-order valence-corrected chi connectivity index (χ0v) is 33.4. The molecule has 55 heavy (non-hydrogen) atoms. The van der Waals surface area contributed by atoms with Crippen molar-refractivity contribution in [2.75, 3.05) is 26.4 Å². The van der Waals surface area contributed by atoms with Gasteiger partial charge in [-0.1, -0.05) is 123 Å². The van der Waals surface area contributed by atoms with Crippen molar-refractivity contribution in [3.05, 3.63) is 0 Å². The SMILES string of the molecule is CCCCCCCCCCCCCCCCCCCC(=O)OC(COC(=O)CCCC)COC1OC(COC2OC(CO)C(O)C(O)C2O)C(O)C(O)C1O. The van der Waals surface area contributed by atoms with Crippen LogP contribution in [0, 0.1) is 0 Å². The first-order valence-electron chi connectivity index (χ1n) is 21.1. The summed E-state index contributed by atoms with van der Waals surface area (Å²) in [4.78, 5) is 25.0. The second-order valence-corrected chi connectivity index (χ2v) is 15.2. The second-order valence-electron chi connectivity index (χ2n) is 15.2. The molecule has 0 aromatic carbocycles. The smallest absolute Gasteiger partial charge is 0.306 e. The van der Waals surface area contributed by atoms with E-state index in [1.54, 1.807) is 0 Å². The Morgan fingerprint density at radius 3 is 1.45 bits per heavy atom. The van der Waals surface area contributed by atoms with Crippen molar-refractivity contribution in [1.29, 1.82) is 0 Å². The van der Waals surface area contributed by atoms with Gasteiger partial charge in [-0.05, 0) is 12.8 Å². The molecule has 7 N–H and O–H groups in total. The Hall–Kier alpha value is -1.50. The molecule has 2 heterocycles. The summed E-state index contributed by atoms with van der Waals surface area (Å²) in [5.41, 5.74) is 0. The van der Waals surface area contributed by atoms with E-state index in [2.05, 4.69) is 6.92 Å². The standard InChI is InChI=1S/C40H74O15/c1-3-5-7-8-9-10-11-12-13-14-15-16-17-18-19-20-21-23-32(43)53-28(25-50-31(42)22-6-4-2)26-51-39-38(49)36(47)34(45)30(55-39)27-52-40-37(48)35(46)33(44)29(24-41)54-40/h28-30,33-41,44-49H,3-27H2,1-2H3. The quantitative estimate of drug-likeness (QED) is 0.0394. The molecule has 2 aliphatic rings. The second kappa shape index (κ2) is 29.7. The highest BCUT2D eigenvalue weighted by atomic mass is 16.7. The highest BCUT2D eigenvalue weighted by molar-refractivity contribution is 5.70. The van der Waals surface area contributed by atoms with Gasteiger partial charge in [0.1, 0.15) is 55.4 Å². The summed E-state index contributed by atoms with van der Waals surface area (Å²) in [6.07, 6.45) is 5.82. The fourth-order valence-corrected chi connectivity index (χ4v) is 6.72. The van der Waals surface area contributed by atoms with Gasteiger partial charge in [-0.3, -0.25) is 9.59 Å². The predicted molar refractivity (Wildman–Crippen MR) is 201 cm³/mol. The Morgan fingerprint density at radius 2 is 0.945 bits per heavy atom. The number of carbonyl (C=O) groups is 2. The van der Waals surface area contributed by atoms with Crippen molar-refractivity contribution in [3.8, 4) is 0 Å². The first kappa shape index (κ1) is 49.6. The Labute approximate surface area is 328 Å². The zero-order chi connectivity index (χ0) is 40.4. The van der Waals surface area contributed by atoms with E-state index in [0.717, 1.165) is 25.7 Å². The van der Waals surface area contributed by atoms with Crippen molar-refractivity contribution < 1.29 is 73.8 Å². The van der Waals surface area contributed by atoms with Crippen LogP contribution in [-0.2, 0) is 38.0 Å². The van der Waals surface area contributed by atoms with Crippen molar-refractivity contribution in [2.45, 2.75) is 216 Å². The minimum absolute atomic E-state index is 0.170. The molecular formula is C40H74O15. The summed E-state index contributed by atoms with van der Waals surface area (Å²) < 4.78 is 33.0. The molecule has 0 spiro atoms. The average Bonchev–Trinajstić information content (AvgIpc) is 3.18. The molecular weight excluding hydrogens is 720 g/mol. The monoisotopic (exact) mass is 795 g/mol. The van der Waals surface area contributed by atoms with Gasteiger partial charge in [0.25, 0.3) is 0 Å². The molecule has 15 heteroatoms. The van der Waals surface area contributed by atoms with Gasteiger partial charge in [-0.25, -0.2) is 0 Å². The number of aliphatic hydroxyl groups excluding tert-OH is 7. The number of carbonyl (C=O) groups excluding carboxylic acids is 2. The van der Waals surface area contributed by atoms with Crippen LogP contribution in [0.25, 0.3) is 0 Å². The fraction of sp³-hybridized carbons (Fsp3) is 0.950. The van der Waals surface area contributed by atoms with Crippen molar-refractivity contribution >= 4 is 11.9 Å². The molecule has 2 aliphatic heterocycles. The van der Waals surface area contributed by atoms with E-state index >= 15 is 0 Å². The lowest BCUT2D eigenvalue weighted by Crippen LogP contribution is -2.61. The van der Waals surface area contributed by atoms with Crippen LogP contribution in [0.1, 0.15) is 149 Å². The summed E-state index contributed by atoms with van der Waals surface area (Å²) in [6.45, 7) is 2.31. The lowest BCUT2D eigenvalue weighted by molar-refractivity contribution is -0.332. The van der Waals surface area contributed by atoms with Crippen molar-refractivity contribution in [3.63, 3.8) is 0 Å². The molecule has 11 unspecified atom stereocenters. The molecule has 2 fully saturated rings. The third kappa shape index (κ3) is 19.7. The summed E-state index contributed by atoms with van der Waals surface area (Å²) in [5, 5.41) is 71.3. The van der Waals surface area contributed by atoms with Crippen LogP contribution < -0.4 is 0 Å². The highest BCUT2D eigenvalue weighted by Gasteiger charge is 2.47. The summed E-state index contributed by atoms with van der Waals surface area (Å²) in [7, 11) is 0. The topological polar surface area (TPSA) is 231 Å². The number of aliphatic hydroxyl groups is 7. The van der Waals surface area contributed by atoms with Crippen LogP contribution >= 0.6 is 0 Å². The molecule has 15 nitrogen and oxygen atoms in total. The summed E-state index contributed by atoms with van der Waals surface area (Å²) in [5.74, 6) is -0.959. The largest absolute Gasteiger partial charge is 0.462 e. The number of esters is 2. The molecule has 0 saturated carbocycles. The van der Waals surface area contributed by atoms with Gasteiger partial charge in [0.15, 0.2) is 18.7 Å². The van der Waals surface area contributed by atoms with Crippen LogP contribution in [0.3, 0.4) is 0 Å². The number of hydrogen-bond acceptors (Lipinski definition) is 15. The Kier molecular flexibility index (Phi) is 26.8. The first-order chi connectivity index (χ1) is 26.5. The third-order valence-corrected chi connectivity index (χ3v) is 10.3. The van der Waals surface area contributed by atoms with Gasteiger partial charge in [-0.2, -0.15) is 0 Å². The van der Waals surface area contributed by atoms with Crippen LogP contribution in [0.4, 0.5) is 0 Å². The van der Waals surface area contributed by atoms with Crippen molar-refractivity contribution in [1.82, 2.24) is 0 Å². The van der Waals surface area contributed by atoms with E-state index in [-0.39, 0.29) is 26.1 Å². The summed E-state index contributed by atoms with van der Waals surface area (Å²) >= 11 is 0. The fourth-order valence-electron chi connectivity index (χ4n) is 6.72. The number of rotatable bonds is 31. The zero-order valence-electron chi connectivity index (χ0n) is 33.4. The van der Waals surface area contributed by atoms with E-state index in [1.807, 2.05) is 6.92 Å².